The van der Waals surface area contributed by atoms with E-state index in [2.05, 4.69) is 20.7 Å². The zero-order chi connectivity index (χ0) is 22.8. The van der Waals surface area contributed by atoms with Crippen molar-refractivity contribution in [3.8, 4) is 17.0 Å². The first-order valence-corrected chi connectivity index (χ1v) is 11.2. The minimum atomic E-state index is -0.313. The van der Waals surface area contributed by atoms with Gasteiger partial charge in [0.05, 0.1) is 19.0 Å². The number of rotatable bonds is 6. The molecule has 2 N–H and O–H groups in total. The van der Waals surface area contributed by atoms with Crippen LogP contribution in [0.2, 0.25) is 5.02 Å². The summed E-state index contributed by atoms with van der Waals surface area (Å²) in [5.74, 6) is 0.833. The van der Waals surface area contributed by atoms with Gasteiger partial charge in [-0.05, 0) is 56.1 Å². The van der Waals surface area contributed by atoms with Crippen molar-refractivity contribution >= 4 is 28.8 Å². The Kier molecular flexibility index (Phi) is 5.97. The largest absolute Gasteiger partial charge is 0.496 e. The van der Waals surface area contributed by atoms with Gasteiger partial charge in [0.1, 0.15) is 17.0 Å². The van der Waals surface area contributed by atoms with Crippen LogP contribution in [0, 0.1) is 5.92 Å². The summed E-state index contributed by atoms with van der Waals surface area (Å²) < 4.78 is 9.02. The van der Waals surface area contributed by atoms with E-state index < -0.39 is 0 Å². The van der Waals surface area contributed by atoms with E-state index in [-0.39, 0.29) is 5.91 Å². The Morgan fingerprint density at radius 1 is 1.33 bits per heavy atom. The standard InChI is InChI=1S/C23H24ClN7O2/c1-33-20-4-3-16(24)11-17(20)21-19(14-30(29-21)13-15-5-8-25-9-6-15)28-23(32)18-12-27-31-10-2-7-26-22(18)31/h2-4,7,10-12,14-15,25H,5-6,8-9,13H2,1H3,(H,28,32). The van der Waals surface area contributed by atoms with Crippen LogP contribution in [0.5, 0.6) is 5.75 Å². The third-order valence-corrected chi connectivity index (χ3v) is 6.09. The minimum absolute atomic E-state index is 0.313. The molecule has 0 saturated carbocycles. The van der Waals surface area contributed by atoms with Gasteiger partial charge in [0.25, 0.3) is 5.91 Å². The number of amides is 1. The molecule has 1 fully saturated rings. The fourth-order valence-electron chi connectivity index (χ4n) is 4.18. The lowest BCUT2D eigenvalue weighted by molar-refractivity contribution is 0.102. The van der Waals surface area contributed by atoms with E-state index in [1.54, 1.807) is 48.3 Å². The molecule has 0 aliphatic carbocycles. The number of hydrogen-bond donors (Lipinski definition) is 2. The van der Waals surface area contributed by atoms with Gasteiger partial charge in [-0.3, -0.25) is 9.48 Å². The van der Waals surface area contributed by atoms with E-state index in [4.69, 9.17) is 21.4 Å². The lowest BCUT2D eigenvalue weighted by Gasteiger charge is -2.22. The third-order valence-electron chi connectivity index (χ3n) is 5.85. The molecule has 1 aliphatic heterocycles. The number of fused-ring (bicyclic) bond motifs is 1. The van der Waals surface area contributed by atoms with Crippen LogP contribution in [-0.2, 0) is 6.54 Å². The van der Waals surface area contributed by atoms with Crippen LogP contribution < -0.4 is 15.4 Å². The maximum absolute atomic E-state index is 13.2. The second kappa shape index (κ2) is 9.21. The molecule has 1 saturated heterocycles. The summed E-state index contributed by atoms with van der Waals surface area (Å²) in [6.45, 7) is 2.78. The number of aromatic nitrogens is 5. The second-order valence-corrected chi connectivity index (χ2v) is 8.49. The van der Waals surface area contributed by atoms with Gasteiger partial charge in [-0.15, -0.1) is 0 Å². The summed E-state index contributed by atoms with van der Waals surface area (Å²) in [4.78, 5) is 17.5. The van der Waals surface area contributed by atoms with Gasteiger partial charge < -0.3 is 15.4 Å². The summed E-state index contributed by atoms with van der Waals surface area (Å²) in [6.07, 6.45) is 8.94. The van der Waals surface area contributed by atoms with Crippen molar-refractivity contribution < 1.29 is 9.53 Å². The smallest absolute Gasteiger partial charge is 0.261 e. The number of anilines is 1. The number of halogens is 1. The van der Waals surface area contributed by atoms with E-state index in [9.17, 15) is 4.79 Å². The Bertz CT molecular complexity index is 1290. The van der Waals surface area contributed by atoms with Gasteiger partial charge >= 0.3 is 0 Å². The predicted octanol–water partition coefficient (Wildman–Crippen LogP) is 3.51. The summed E-state index contributed by atoms with van der Waals surface area (Å²) in [6, 6.07) is 7.11. The molecule has 0 radical (unpaired) electrons. The van der Waals surface area contributed by atoms with Gasteiger partial charge in [-0.2, -0.15) is 10.2 Å². The predicted molar refractivity (Wildman–Crippen MR) is 126 cm³/mol. The van der Waals surface area contributed by atoms with E-state index >= 15 is 0 Å². The minimum Gasteiger partial charge on any atom is -0.496 e. The van der Waals surface area contributed by atoms with Crippen LogP contribution in [0.4, 0.5) is 5.69 Å². The SMILES string of the molecule is COc1ccc(Cl)cc1-c1nn(CC2CCNCC2)cc1NC(=O)c1cnn2cccnc12. The molecule has 1 aliphatic rings. The number of methoxy groups -OCH3 is 1. The zero-order valence-corrected chi connectivity index (χ0v) is 18.9. The number of hydrogen-bond acceptors (Lipinski definition) is 6. The molecule has 1 amide bonds. The van der Waals surface area contributed by atoms with Crippen LogP contribution in [0.15, 0.2) is 49.1 Å². The molecule has 0 atom stereocenters. The molecule has 1 aromatic carbocycles. The average Bonchev–Trinajstić information content (AvgIpc) is 3.44. The van der Waals surface area contributed by atoms with Crippen molar-refractivity contribution in [2.45, 2.75) is 19.4 Å². The lowest BCUT2D eigenvalue weighted by atomic mass is 9.98. The number of carbonyl (C=O) groups is 1. The molecule has 10 heteroatoms. The van der Waals surface area contributed by atoms with Crippen molar-refractivity contribution in [3.05, 3.63) is 59.6 Å². The Balaban J connectivity index is 1.52. The molecule has 33 heavy (non-hydrogen) atoms. The second-order valence-electron chi connectivity index (χ2n) is 8.05. The quantitative estimate of drug-likeness (QED) is 0.452. The normalized spacial score (nSPS) is 14.5. The van der Waals surface area contributed by atoms with Crippen molar-refractivity contribution in [3.63, 3.8) is 0 Å². The third kappa shape index (κ3) is 4.42. The first-order valence-electron chi connectivity index (χ1n) is 10.8. The molecule has 5 rings (SSSR count). The van der Waals surface area contributed by atoms with E-state index in [1.807, 2.05) is 10.9 Å². The number of benzene rings is 1. The molecule has 3 aromatic heterocycles. The Morgan fingerprint density at radius 2 is 2.18 bits per heavy atom. The van der Waals surface area contributed by atoms with E-state index in [0.29, 0.717) is 44.8 Å². The highest BCUT2D eigenvalue weighted by molar-refractivity contribution is 6.31. The van der Waals surface area contributed by atoms with Crippen LogP contribution in [0.1, 0.15) is 23.2 Å². The number of piperidine rings is 1. The summed E-state index contributed by atoms with van der Waals surface area (Å²) in [7, 11) is 1.60. The fraction of sp³-hybridized carbons (Fsp3) is 0.304. The Morgan fingerprint density at radius 3 is 3.00 bits per heavy atom. The maximum Gasteiger partial charge on any atom is 0.261 e. The number of nitrogens with one attached hydrogen (secondary N) is 2. The van der Waals surface area contributed by atoms with Gasteiger partial charge in [0, 0.05) is 35.7 Å². The Labute approximate surface area is 195 Å². The van der Waals surface area contributed by atoms with Crippen LogP contribution in [0.3, 0.4) is 0 Å². The van der Waals surface area contributed by atoms with Crippen molar-refractivity contribution in [1.29, 1.82) is 0 Å². The van der Waals surface area contributed by atoms with Crippen molar-refractivity contribution in [2.24, 2.45) is 5.92 Å². The van der Waals surface area contributed by atoms with Gasteiger partial charge in [0.2, 0.25) is 0 Å². The fourth-order valence-corrected chi connectivity index (χ4v) is 4.35. The van der Waals surface area contributed by atoms with Gasteiger partial charge in [0.15, 0.2) is 5.65 Å². The van der Waals surface area contributed by atoms with Crippen molar-refractivity contribution in [2.75, 3.05) is 25.5 Å². The maximum atomic E-state index is 13.2. The highest BCUT2D eigenvalue weighted by Crippen LogP contribution is 2.36. The molecule has 4 heterocycles. The molecular weight excluding hydrogens is 442 g/mol. The molecular formula is C23H24ClN7O2. The molecule has 9 nitrogen and oxygen atoms in total. The number of nitrogens with zero attached hydrogens (tertiary/aromatic N) is 5. The summed E-state index contributed by atoms with van der Waals surface area (Å²) in [5, 5.41) is 16.0. The molecule has 0 bridgehead atoms. The molecule has 0 spiro atoms. The Hall–Kier alpha value is -3.43. The van der Waals surface area contributed by atoms with Gasteiger partial charge in [-0.1, -0.05) is 11.6 Å². The lowest BCUT2D eigenvalue weighted by Crippen LogP contribution is -2.30. The summed E-state index contributed by atoms with van der Waals surface area (Å²) >= 11 is 6.29. The van der Waals surface area contributed by atoms with Crippen LogP contribution in [0.25, 0.3) is 16.9 Å². The first kappa shape index (κ1) is 21.4. The van der Waals surface area contributed by atoms with Crippen LogP contribution >= 0.6 is 11.6 Å². The summed E-state index contributed by atoms with van der Waals surface area (Å²) in [5.41, 5.74) is 2.75. The highest BCUT2D eigenvalue weighted by atomic mass is 35.5. The topological polar surface area (TPSA) is 98.4 Å². The zero-order valence-electron chi connectivity index (χ0n) is 18.2. The highest BCUT2D eigenvalue weighted by Gasteiger charge is 2.22. The van der Waals surface area contributed by atoms with E-state index in [1.165, 1.54) is 6.20 Å². The number of ether oxygens (including phenoxy) is 1. The molecule has 4 aromatic rings. The van der Waals surface area contributed by atoms with Gasteiger partial charge in [-0.25, -0.2) is 9.50 Å². The molecule has 170 valence electrons. The molecule has 0 unspecified atom stereocenters. The van der Waals surface area contributed by atoms with Crippen molar-refractivity contribution in [1.82, 2.24) is 29.7 Å². The van der Waals surface area contributed by atoms with Crippen LogP contribution in [-0.4, -0.2) is 50.5 Å². The van der Waals surface area contributed by atoms with E-state index in [0.717, 1.165) is 32.5 Å². The first-order chi connectivity index (χ1) is 16.1. The average molecular weight is 466 g/mol. The number of carbonyl (C=O) groups excluding carboxylic acids is 1. The monoisotopic (exact) mass is 465 g/mol.